The smallest absolute Gasteiger partial charge is 0.346 e. The summed E-state index contributed by atoms with van der Waals surface area (Å²) >= 11 is 1.10. The molecule has 0 aliphatic carbocycles. The lowest BCUT2D eigenvalue weighted by atomic mass is 10.1. The number of carboxylic acid groups (broad SMARTS) is 1. The molecular formula is C17H14FN3O3S. The quantitative estimate of drug-likeness (QED) is 0.775. The first-order valence-corrected chi connectivity index (χ1v) is 8.57. The van der Waals surface area contributed by atoms with Crippen LogP contribution in [0.3, 0.4) is 0 Å². The normalized spacial score (nSPS) is 14.8. The van der Waals surface area contributed by atoms with Gasteiger partial charge in [0.25, 0.3) is 0 Å². The van der Waals surface area contributed by atoms with Crippen molar-refractivity contribution in [1.29, 1.82) is 0 Å². The van der Waals surface area contributed by atoms with Crippen LogP contribution in [0.25, 0.3) is 21.6 Å². The molecule has 0 saturated carbocycles. The molecule has 1 saturated heterocycles. The van der Waals surface area contributed by atoms with Gasteiger partial charge < -0.3 is 14.7 Å². The van der Waals surface area contributed by atoms with Crippen molar-refractivity contribution in [2.45, 2.75) is 0 Å². The molecule has 1 N–H and O–H groups in total. The molecule has 1 fully saturated rings. The summed E-state index contributed by atoms with van der Waals surface area (Å²) in [6.45, 7) is 2.53. The standard InChI is InChI=1S/C17H14FN3O3S/c18-11-3-1-10(2-4-11)14-15(21-5-7-24-8-6-21)20-16-12(19-14)9-13(25-16)17(22)23/h1-4,9H,5-8H2,(H,22,23). The van der Waals surface area contributed by atoms with Gasteiger partial charge in [-0.25, -0.2) is 19.2 Å². The van der Waals surface area contributed by atoms with Crippen LogP contribution in [-0.4, -0.2) is 47.3 Å². The van der Waals surface area contributed by atoms with Crippen LogP contribution in [-0.2, 0) is 4.74 Å². The molecule has 8 heteroatoms. The van der Waals surface area contributed by atoms with Gasteiger partial charge in [0.15, 0.2) is 5.82 Å². The number of hydrogen-bond donors (Lipinski definition) is 1. The van der Waals surface area contributed by atoms with Gasteiger partial charge in [0.2, 0.25) is 0 Å². The average molecular weight is 359 g/mol. The zero-order valence-electron chi connectivity index (χ0n) is 13.1. The topological polar surface area (TPSA) is 75.5 Å². The predicted molar refractivity (Wildman–Crippen MR) is 92.8 cm³/mol. The molecule has 0 unspecified atom stereocenters. The predicted octanol–water partition coefficient (Wildman–Crippen LogP) is 3.03. The maximum Gasteiger partial charge on any atom is 0.346 e. The van der Waals surface area contributed by atoms with E-state index in [0.717, 1.165) is 16.9 Å². The second kappa shape index (κ2) is 6.38. The number of carbonyl (C=O) groups is 1. The molecule has 6 nitrogen and oxygen atoms in total. The summed E-state index contributed by atoms with van der Waals surface area (Å²) in [7, 11) is 0. The van der Waals surface area contributed by atoms with E-state index < -0.39 is 5.97 Å². The van der Waals surface area contributed by atoms with E-state index in [1.807, 2.05) is 0 Å². The third-order valence-corrected chi connectivity index (χ3v) is 4.99. The molecular weight excluding hydrogens is 345 g/mol. The van der Waals surface area contributed by atoms with Crippen molar-refractivity contribution >= 4 is 33.5 Å². The molecule has 0 bridgehead atoms. The van der Waals surface area contributed by atoms with Crippen molar-refractivity contribution < 1.29 is 19.0 Å². The Hall–Kier alpha value is -2.58. The number of morpholine rings is 1. The summed E-state index contributed by atoms with van der Waals surface area (Å²) in [6, 6.07) is 7.58. The van der Waals surface area contributed by atoms with E-state index in [1.165, 1.54) is 18.2 Å². The summed E-state index contributed by atoms with van der Waals surface area (Å²) in [5.74, 6) is -0.656. The number of rotatable bonds is 3. The van der Waals surface area contributed by atoms with Crippen LogP contribution in [0.1, 0.15) is 9.67 Å². The lowest BCUT2D eigenvalue weighted by molar-refractivity contribution is 0.0702. The molecule has 0 radical (unpaired) electrons. The molecule has 3 heterocycles. The number of halogens is 1. The van der Waals surface area contributed by atoms with Gasteiger partial charge in [-0.05, 0) is 30.3 Å². The maximum absolute atomic E-state index is 13.3. The number of benzene rings is 1. The van der Waals surface area contributed by atoms with Crippen molar-refractivity contribution in [3.05, 3.63) is 41.0 Å². The first-order valence-electron chi connectivity index (χ1n) is 7.75. The second-order valence-corrected chi connectivity index (χ2v) is 6.64. The summed E-state index contributed by atoms with van der Waals surface area (Å²) in [5, 5.41) is 9.21. The molecule has 128 valence electrons. The minimum absolute atomic E-state index is 0.194. The lowest BCUT2D eigenvalue weighted by Gasteiger charge is -2.29. The van der Waals surface area contributed by atoms with Gasteiger partial charge in [-0.15, -0.1) is 11.3 Å². The number of aromatic carboxylic acids is 1. The summed E-state index contributed by atoms with van der Waals surface area (Å²) < 4.78 is 18.7. The first kappa shape index (κ1) is 15.9. The Morgan fingerprint density at radius 1 is 1.20 bits per heavy atom. The van der Waals surface area contributed by atoms with Crippen LogP contribution in [0, 0.1) is 5.82 Å². The lowest BCUT2D eigenvalue weighted by Crippen LogP contribution is -2.37. The van der Waals surface area contributed by atoms with Crippen LogP contribution >= 0.6 is 11.3 Å². The first-order chi connectivity index (χ1) is 12.1. The van der Waals surface area contributed by atoms with E-state index in [4.69, 9.17) is 4.74 Å². The Morgan fingerprint density at radius 2 is 1.92 bits per heavy atom. The molecule has 0 amide bonds. The molecule has 1 aromatic carbocycles. The van der Waals surface area contributed by atoms with Crippen molar-refractivity contribution in [1.82, 2.24) is 9.97 Å². The third-order valence-electron chi connectivity index (χ3n) is 3.98. The molecule has 3 aromatic rings. The number of thiophene rings is 1. The van der Waals surface area contributed by atoms with Gasteiger partial charge in [-0.3, -0.25) is 0 Å². The van der Waals surface area contributed by atoms with Crippen LogP contribution < -0.4 is 4.90 Å². The van der Waals surface area contributed by atoms with Gasteiger partial charge in [0.1, 0.15) is 26.7 Å². The number of aromatic nitrogens is 2. The van der Waals surface area contributed by atoms with Gasteiger partial charge in [0, 0.05) is 18.7 Å². The Morgan fingerprint density at radius 3 is 2.60 bits per heavy atom. The monoisotopic (exact) mass is 359 g/mol. The van der Waals surface area contributed by atoms with Crippen molar-refractivity contribution in [2.24, 2.45) is 0 Å². The van der Waals surface area contributed by atoms with E-state index in [1.54, 1.807) is 12.1 Å². The maximum atomic E-state index is 13.3. The Kier molecular flexibility index (Phi) is 4.06. The summed E-state index contributed by atoms with van der Waals surface area (Å²) in [4.78, 5) is 23.4. The van der Waals surface area contributed by atoms with Crippen LogP contribution in [0.2, 0.25) is 0 Å². The molecule has 0 spiro atoms. The summed E-state index contributed by atoms with van der Waals surface area (Å²) in [6.07, 6.45) is 0. The zero-order valence-corrected chi connectivity index (χ0v) is 13.9. The number of fused-ring (bicyclic) bond motifs is 1. The molecule has 25 heavy (non-hydrogen) atoms. The van der Waals surface area contributed by atoms with Crippen LogP contribution in [0.15, 0.2) is 30.3 Å². The number of hydrogen-bond acceptors (Lipinski definition) is 6. The highest BCUT2D eigenvalue weighted by Crippen LogP contribution is 2.33. The van der Waals surface area contributed by atoms with Crippen molar-refractivity contribution in [3.63, 3.8) is 0 Å². The molecule has 1 aliphatic heterocycles. The highest BCUT2D eigenvalue weighted by Gasteiger charge is 2.21. The fourth-order valence-electron chi connectivity index (χ4n) is 2.75. The minimum atomic E-state index is -0.999. The minimum Gasteiger partial charge on any atom is -0.477 e. The van der Waals surface area contributed by atoms with Gasteiger partial charge >= 0.3 is 5.97 Å². The number of nitrogens with zero attached hydrogens (tertiary/aromatic N) is 3. The largest absolute Gasteiger partial charge is 0.477 e. The third kappa shape index (κ3) is 3.06. The van der Waals surface area contributed by atoms with E-state index in [9.17, 15) is 14.3 Å². The second-order valence-electron chi connectivity index (χ2n) is 5.61. The van der Waals surface area contributed by atoms with Crippen LogP contribution in [0.4, 0.5) is 10.2 Å². The molecule has 0 atom stereocenters. The Bertz CT molecular complexity index is 936. The van der Waals surface area contributed by atoms with E-state index in [2.05, 4.69) is 14.9 Å². The highest BCUT2D eigenvalue weighted by atomic mass is 32.1. The zero-order chi connectivity index (χ0) is 17.4. The van der Waals surface area contributed by atoms with Crippen molar-refractivity contribution in [3.8, 4) is 11.3 Å². The summed E-state index contributed by atoms with van der Waals surface area (Å²) in [5.41, 5.74) is 1.88. The molecule has 4 rings (SSSR count). The van der Waals surface area contributed by atoms with Crippen molar-refractivity contribution in [2.75, 3.05) is 31.2 Å². The fourth-order valence-corrected chi connectivity index (χ4v) is 3.56. The van der Waals surface area contributed by atoms with E-state index in [-0.39, 0.29) is 10.7 Å². The highest BCUT2D eigenvalue weighted by molar-refractivity contribution is 7.20. The number of carboxylic acids is 1. The van der Waals surface area contributed by atoms with Gasteiger partial charge in [0.05, 0.1) is 13.2 Å². The Labute approximate surface area is 146 Å². The number of ether oxygens (including phenoxy) is 1. The van der Waals surface area contributed by atoms with E-state index >= 15 is 0 Å². The van der Waals surface area contributed by atoms with Gasteiger partial charge in [-0.1, -0.05) is 0 Å². The molecule has 1 aliphatic rings. The fraction of sp³-hybridized carbons (Fsp3) is 0.235. The SMILES string of the molecule is O=C(O)c1cc2nc(-c3ccc(F)cc3)c(N3CCOCC3)nc2s1. The number of anilines is 1. The molecule has 2 aromatic heterocycles. The van der Waals surface area contributed by atoms with Gasteiger partial charge in [-0.2, -0.15) is 0 Å². The Balaban J connectivity index is 1.89. The van der Waals surface area contributed by atoms with Crippen LogP contribution in [0.5, 0.6) is 0 Å². The average Bonchev–Trinajstić information content (AvgIpc) is 3.05. The van der Waals surface area contributed by atoms with E-state index in [0.29, 0.717) is 48.2 Å².